The number of oxazole rings is 1. The lowest BCUT2D eigenvalue weighted by molar-refractivity contribution is -0.111. The van der Waals surface area contributed by atoms with Crippen molar-refractivity contribution < 1.29 is 18.4 Å². The van der Waals surface area contributed by atoms with E-state index in [1.54, 1.807) is 61.9 Å². The van der Waals surface area contributed by atoms with Crippen molar-refractivity contribution in [1.29, 1.82) is 0 Å². The Morgan fingerprint density at radius 1 is 1.21 bits per heavy atom. The van der Waals surface area contributed by atoms with Crippen molar-refractivity contribution in [3.8, 4) is 17.2 Å². The van der Waals surface area contributed by atoms with Crippen LogP contribution >= 0.6 is 11.6 Å². The molecule has 1 N–H and O–H groups in total. The second-order valence-electron chi connectivity index (χ2n) is 5.89. The highest BCUT2D eigenvalue weighted by Gasteiger charge is 2.11. The predicted octanol–water partition coefficient (Wildman–Crippen LogP) is 5.40. The Labute approximate surface area is 165 Å². The van der Waals surface area contributed by atoms with Gasteiger partial charge in [-0.2, -0.15) is 0 Å². The van der Waals surface area contributed by atoms with Gasteiger partial charge in [-0.05, 0) is 54.6 Å². The number of methoxy groups -OCH3 is 1. The summed E-state index contributed by atoms with van der Waals surface area (Å²) in [6.45, 7) is 0. The van der Waals surface area contributed by atoms with E-state index in [-0.39, 0.29) is 5.91 Å². The van der Waals surface area contributed by atoms with Gasteiger partial charge < -0.3 is 18.9 Å². The van der Waals surface area contributed by atoms with Gasteiger partial charge in [0.2, 0.25) is 11.8 Å². The topological polar surface area (TPSA) is 77.5 Å². The summed E-state index contributed by atoms with van der Waals surface area (Å²) >= 11 is 6.17. The van der Waals surface area contributed by atoms with Crippen molar-refractivity contribution in [3.05, 3.63) is 71.7 Å². The van der Waals surface area contributed by atoms with E-state index < -0.39 is 0 Å². The Hall–Kier alpha value is -3.51. The number of hydrogen-bond acceptors (Lipinski definition) is 5. The lowest BCUT2D eigenvalue weighted by Gasteiger charge is -2.03. The molecule has 0 saturated heterocycles. The highest BCUT2D eigenvalue weighted by molar-refractivity contribution is 6.32. The minimum atomic E-state index is -0.276. The second kappa shape index (κ2) is 7.62. The molecule has 2 aromatic heterocycles. The van der Waals surface area contributed by atoms with Gasteiger partial charge in [-0.15, -0.1) is 0 Å². The van der Waals surface area contributed by atoms with Crippen LogP contribution in [0.1, 0.15) is 5.76 Å². The van der Waals surface area contributed by atoms with E-state index in [9.17, 15) is 4.79 Å². The Morgan fingerprint density at radius 2 is 2.11 bits per heavy atom. The van der Waals surface area contributed by atoms with Gasteiger partial charge in [-0.3, -0.25) is 4.79 Å². The zero-order valence-corrected chi connectivity index (χ0v) is 15.6. The Kier molecular flexibility index (Phi) is 4.87. The first-order valence-corrected chi connectivity index (χ1v) is 8.77. The van der Waals surface area contributed by atoms with Gasteiger partial charge >= 0.3 is 0 Å². The van der Waals surface area contributed by atoms with Gasteiger partial charge in [0.1, 0.15) is 17.0 Å². The summed E-state index contributed by atoms with van der Waals surface area (Å²) in [5.74, 6) is 1.33. The first-order chi connectivity index (χ1) is 13.6. The molecule has 0 bridgehead atoms. The fraction of sp³-hybridized carbons (Fsp3) is 0.0476. The summed E-state index contributed by atoms with van der Waals surface area (Å²) in [4.78, 5) is 16.5. The highest BCUT2D eigenvalue weighted by atomic mass is 35.5. The molecule has 0 atom stereocenters. The van der Waals surface area contributed by atoms with Crippen molar-refractivity contribution in [2.45, 2.75) is 0 Å². The number of aromatic nitrogens is 1. The van der Waals surface area contributed by atoms with Gasteiger partial charge in [-0.1, -0.05) is 11.6 Å². The summed E-state index contributed by atoms with van der Waals surface area (Å²) in [5, 5.41) is 3.25. The number of nitrogens with one attached hydrogen (secondary N) is 1. The van der Waals surface area contributed by atoms with Crippen LogP contribution in [-0.4, -0.2) is 18.0 Å². The van der Waals surface area contributed by atoms with E-state index in [1.807, 2.05) is 6.07 Å². The number of amides is 1. The molecule has 4 rings (SSSR count). The maximum absolute atomic E-state index is 12.1. The molecule has 6 nitrogen and oxygen atoms in total. The molecule has 2 aromatic carbocycles. The molecule has 0 aliphatic rings. The summed E-state index contributed by atoms with van der Waals surface area (Å²) in [6.07, 6.45) is 4.54. The van der Waals surface area contributed by atoms with Crippen LogP contribution < -0.4 is 10.1 Å². The summed E-state index contributed by atoms with van der Waals surface area (Å²) in [7, 11) is 1.56. The van der Waals surface area contributed by atoms with Crippen molar-refractivity contribution in [2.75, 3.05) is 12.4 Å². The van der Waals surface area contributed by atoms with Crippen LogP contribution in [0.15, 0.2) is 69.7 Å². The normalized spacial score (nSPS) is 11.2. The number of rotatable bonds is 5. The molecular formula is C21H15ClN2O4. The van der Waals surface area contributed by atoms with Crippen LogP contribution in [-0.2, 0) is 4.79 Å². The highest BCUT2D eigenvalue weighted by Crippen LogP contribution is 2.32. The van der Waals surface area contributed by atoms with E-state index in [1.165, 1.54) is 6.08 Å². The van der Waals surface area contributed by atoms with Gasteiger partial charge in [0, 0.05) is 17.3 Å². The van der Waals surface area contributed by atoms with Gasteiger partial charge in [-0.25, -0.2) is 4.98 Å². The number of anilines is 1. The van der Waals surface area contributed by atoms with E-state index in [2.05, 4.69) is 10.3 Å². The first kappa shape index (κ1) is 17.9. The van der Waals surface area contributed by atoms with Crippen molar-refractivity contribution >= 4 is 40.4 Å². The number of carbonyl (C=O) groups excluding carboxylic acids is 1. The SMILES string of the molecule is COc1ccc(-c2nc3cc(NC(=O)C=Cc4ccco4)ccc3o2)cc1Cl. The molecule has 0 spiro atoms. The summed E-state index contributed by atoms with van der Waals surface area (Å²) < 4.78 is 16.1. The van der Waals surface area contributed by atoms with E-state index in [0.717, 1.165) is 5.56 Å². The van der Waals surface area contributed by atoms with Crippen LogP contribution in [0, 0.1) is 0 Å². The van der Waals surface area contributed by atoms with Crippen LogP contribution in [0.5, 0.6) is 5.75 Å². The number of furan rings is 1. The number of carbonyl (C=O) groups is 1. The third kappa shape index (κ3) is 3.77. The quantitative estimate of drug-likeness (QED) is 0.458. The van der Waals surface area contributed by atoms with Crippen molar-refractivity contribution in [1.82, 2.24) is 4.98 Å². The van der Waals surface area contributed by atoms with Crippen LogP contribution in [0.25, 0.3) is 28.6 Å². The molecule has 0 radical (unpaired) electrons. The largest absolute Gasteiger partial charge is 0.495 e. The van der Waals surface area contributed by atoms with Gasteiger partial charge in [0.25, 0.3) is 0 Å². The fourth-order valence-electron chi connectivity index (χ4n) is 2.66. The lowest BCUT2D eigenvalue weighted by atomic mass is 10.2. The second-order valence-corrected chi connectivity index (χ2v) is 6.30. The zero-order valence-electron chi connectivity index (χ0n) is 14.8. The van der Waals surface area contributed by atoms with Gasteiger partial charge in [0.05, 0.1) is 18.4 Å². The Bertz CT molecular complexity index is 1160. The maximum atomic E-state index is 12.1. The monoisotopic (exact) mass is 394 g/mol. The molecule has 1 amide bonds. The molecule has 0 unspecified atom stereocenters. The number of hydrogen-bond donors (Lipinski definition) is 1. The summed E-state index contributed by atoms with van der Waals surface area (Å²) in [6, 6.07) is 14.1. The van der Waals surface area contributed by atoms with Crippen LogP contribution in [0.4, 0.5) is 5.69 Å². The van der Waals surface area contributed by atoms with Crippen molar-refractivity contribution in [3.63, 3.8) is 0 Å². The Morgan fingerprint density at radius 3 is 2.86 bits per heavy atom. The third-order valence-electron chi connectivity index (χ3n) is 4.00. The minimum absolute atomic E-state index is 0.276. The molecule has 28 heavy (non-hydrogen) atoms. The number of benzene rings is 2. The van der Waals surface area contributed by atoms with E-state index in [0.29, 0.717) is 39.2 Å². The molecule has 140 valence electrons. The maximum Gasteiger partial charge on any atom is 0.248 e. The van der Waals surface area contributed by atoms with E-state index in [4.69, 9.17) is 25.2 Å². The van der Waals surface area contributed by atoms with Crippen LogP contribution in [0.2, 0.25) is 5.02 Å². The molecule has 0 fully saturated rings. The molecular weight excluding hydrogens is 380 g/mol. The smallest absolute Gasteiger partial charge is 0.248 e. The predicted molar refractivity (Wildman–Crippen MR) is 107 cm³/mol. The number of ether oxygens (including phenoxy) is 1. The van der Waals surface area contributed by atoms with Gasteiger partial charge in [0.15, 0.2) is 5.58 Å². The summed E-state index contributed by atoms with van der Waals surface area (Å²) in [5.41, 5.74) is 2.56. The van der Waals surface area contributed by atoms with Crippen LogP contribution in [0.3, 0.4) is 0 Å². The molecule has 7 heteroatoms. The molecule has 0 saturated carbocycles. The standard InChI is InChI=1S/C21H15ClN2O4/c1-26-18-7-4-13(11-16(18)22)21-24-17-12-14(5-8-19(17)28-21)23-20(25)9-6-15-3-2-10-27-15/h2-12H,1H3,(H,23,25). The molecule has 4 aromatic rings. The molecule has 2 heterocycles. The van der Waals surface area contributed by atoms with Crippen molar-refractivity contribution in [2.24, 2.45) is 0 Å². The zero-order chi connectivity index (χ0) is 19.5. The number of fused-ring (bicyclic) bond motifs is 1. The number of halogens is 1. The first-order valence-electron chi connectivity index (χ1n) is 8.39. The fourth-order valence-corrected chi connectivity index (χ4v) is 2.91. The van der Waals surface area contributed by atoms with E-state index >= 15 is 0 Å². The molecule has 0 aliphatic heterocycles. The lowest BCUT2D eigenvalue weighted by Crippen LogP contribution is -2.07. The Balaban J connectivity index is 1.54. The average Bonchev–Trinajstić information content (AvgIpc) is 3.35. The number of nitrogens with zero attached hydrogens (tertiary/aromatic N) is 1. The average molecular weight is 395 g/mol. The third-order valence-corrected chi connectivity index (χ3v) is 4.29. The minimum Gasteiger partial charge on any atom is -0.495 e. The molecule has 0 aliphatic carbocycles.